The second-order valence-corrected chi connectivity index (χ2v) is 6.30. The van der Waals surface area contributed by atoms with Gasteiger partial charge in [0, 0.05) is 30.9 Å². The summed E-state index contributed by atoms with van der Waals surface area (Å²) in [7, 11) is 1.80. The zero-order chi connectivity index (χ0) is 17.7. The Balaban J connectivity index is 0.00000312. The summed E-state index contributed by atoms with van der Waals surface area (Å²) in [5.41, 5.74) is 8.21. The standard InChI is InChI=1S/C18H25FN4O.ClH/c1-12(13(2)20)18(24)23(3)9-5-8-16-11-17(22-21-16)14-6-4-7-15(19)10-14;/h4,6-7,10-13H,5,8-9,20H2,1-3H3,(H,21,22);1H. The van der Waals surface area contributed by atoms with Gasteiger partial charge >= 0.3 is 0 Å². The van der Waals surface area contributed by atoms with Crippen LogP contribution in [-0.2, 0) is 11.2 Å². The Bertz CT molecular complexity index is 689. The van der Waals surface area contributed by atoms with Gasteiger partial charge in [0.2, 0.25) is 5.91 Å². The van der Waals surface area contributed by atoms with E-state index in [4.69, 9.17) is 5.73 Å². The summed E-state index contributed by atoms with van der Waals surface area (Å²) in [6, 6.07) is 8.13. The van der Waals surface area contributed by atoms with Crippen molar-refractivity contribution >= 4 is 18.3 Å². The molecule has 0 saturated carbocycles. The molecule has 1 aromatic carbocycles. The Morgan fingerprint density at radius 3 is 2.72 bits per heavy atom. The lowest BCUT2D eigenvalue weighted by Crippen LogP contribution is -2.40. The number of nitrogens with one attached hydrogen (secondary N) is 1. The maximum Gasteiger partial charge on any atom is 0.226 e. The van der Waals surface area contributed by atoms with E-state index in [1.165, 1.54) is 12.1 Å². The van der Waals surface area contributed by atoms with E-state index < -0.39 is 0 Å². The van der Waals surface area contributed by atoms with Gasteiger partial charge in [-0.2, -0.15) is 5.10 Å². The third-order valence-electron chi connectivity index (χ3n) is 4.25. The van der Waals surface area contributed by atoms with Crippen LogP contribution < -0.4 is 5.73 Å². The van der Waals surface area contributed by atoms with Gasteiger partial charge in [0.15, 0.2) is 0 Å². The highest BCUT2D eigenvalue weighted by atomic mass is 35.5. The molecular formula is C18H26ClFN4O. The van der Waals surface area contributed by atoms with Crippen LogP contribution in [-0.4, -0.2) is 40.6 Å². The molecule has 0 spiro atoms. The van der Waals surface area contributed by atoms with Crippen molar-refractivity contribution in [3.8, 4) is 11.3 Å². The number of hydrogen-bond donors (Lipinski definition) is 2. The van der Waals surface area contributed by atoms with Gasteiger partial charge in [-0.3, -0.25) is 9.89 Å². The fourth-order valence-corrected chi connectivity index (χ4v) is 2.47. The van der Waals surface area contributed by atoms with Gasteiger partial charge in [0.05, 0.1) is 11.6 Å². The number of halogens is 2. The molecule has 138 valence electrons. The summed E-state index contributed by atoms with van der Waals surface area (Å²) in [4.78, 5) is 13.9. The molecule has 5 nitrogen and oxygen atoms in total. The number of amides is 1. The maximum absolute atomic E-state index is 13.3. The third-order valence-corrected chi connectivity index (χ3v) is 4.25. The van der Waals surface area contributed by atoms with E-state index in [2.05, 4.69) is 10.2 Å². The minimum absolute atomic E-state index is 0. The minimum atomic E-state index is -0.277. The largest absolute Gasteiger partial charge is 0.345 e. The smallest absolute Gasteiger partial charge is 0.226 e. The number of aryl methyl sites for hydroxylation is 1. The molecule has 2 aromatic rings. The van der Waals surface area contributed by atoms with Gasteiger partial charge in [-0.25, -0.2) is 4.39 Å². The molecule has 0 saturated heterocycles. The first-order valence-corrected chi connectivity index (χ1v) is 8.19. The van der Waals surface area contributed by atoms with Crippen LogP contribution in [0.5, 0.6) is 0 Å². The molecule has 0 fully saturated rings. The van der Waals surface area contributed by atoms with Crippen LogP contribution in [0.25, 0.3) is 11.3 Å². The summed E-state index contributed by atoms with van der Waals surface area (Å²) in [6.45, 7) is 4.35. The number of carbonyl (C=O) groups excluding carboxylic acids is 1. The molecule has 0 aliphatic heterocycles. The zero-order valence-electron chi connectivity index (χ0n) is 14.8. The number of nitrogens with two attached hydrogens (primary N) is 1. The highest BCUT2D eigenvalue weighted by molar-refractivity contribution is 5.85. The van der Waals surface area contributed by atoms with Crippen molar-refractivity contribution in [2.75, 3.05) is 13.6 Å². The number of nitrogens with zero attached hydrogens (tertiary/aromatic N) is 2. The van der Waals surface area contributed by atoms with Crippen LogP contribution in [0.2, 0.25) is 0 Å². The molecule has 0 aliphatic rings. The molecule has 2 atom stereocenters. The predicted molar refractivity (Wildman–Crippen MR) is 100 cm³/mol. The van der Waals surface area contributed by atoms with E-state index in [9.17, 15) is 9.18 Å². The summed E-state index contributed by atoms with van der Waals surface area (Å²) in [5, 5.41) is 7.19. The van der Waals surface area contributed by atoms with E-state index in [0.717, 1.165) is 29.8 Å². The monoisotopic (exact) mass is 368 g/mol. The average Bonchev–Trinajstić information content (AvgIpc) is 3.02. The van der Waals surface area contributed by atoms with E-state index in [1.54, 1.807) is 18.0 Å². The second kappa shape index (κ2) is 9.53. The van der Waals surface area contributed by atoms with Gasteiger partial charge in [0.25, 0.3) is 0 Å². The molecule has 1 heterocycles. The summed E-state index contributed by atoms with van der Waals surface area (Å²) in [6.07, 6.45) is 1.59. The van der Waals surface area contributed by atoms with Gasteiger partial charge < -0.3 is 10.6 Å². The maximum atomic E-state index is 13.3. The molecule has 0 radical (unpaired) electrons. The van der Waals surface area contributed by atoms with Crippen molar-refractivity contribution in [1.82, 2.24) is 15.1 Å². The molecule has 1 aromatic heterocycles. The molecule has 25 heavy (non-hydrogen) atoms. The van der Waals surface area contributed by atoms with Crippen molar-refractivity contribution in [3.63, 3.8) is 0 Å². The average molecular weight is 369 g/mol. The van der Waals surface area contributed by atoms with Crippen LogP contribution in [0, 0.1) is 11.7 Å². The van der Waals surface area contributed by atoms with Crippen LogP contribution in [0.1, 0.15) is 26.0 Å². The Morgan fingerprint density at radius 1 is 1.36 bits per heavy atom. The number of aromatic nitrogens is 2. The third kappa shape index (κ3) is 5.83. The summed E-state index contributed by atoms with van der Waals surface area (Å²) >= 11 is 0. The van der Waals surface area contributed by atoms with Crippen LogP contribution in [0.4, 0.5) is 4.39 Å². The van der Waals surface area contributed by atoms with Gasteiger partial charge in [-0.15, -0.1) is 12.4 Å². The highest BCUT2D eigenvalue weighted by Crippen LogP contribution is 2.19. The first-order valence-electron chi connectivity index (χ1n) is 8.19. The molecule has 0 bridgehead atoms. The van der Waals surface area contributed by atoms with Crippen molar-refractivity contribution in [2.24, 2.45) is 11.7 Å². The Hall–Kier alpha value is -1.92. The van der Waals surface area contributed by atoms with Gasteiger partial charge in [0.1, 0.15) is 5.82 Å². The minimum Gasteiger partial charge on any atom is -0.345 e. The number of benzene rings is 1. The number of H-pyrrole nitrogens is 1. The van der Waals surface area contributed by atoms with E-state index >= 15 is 0 Å². The summed E-state index contributed by atoms with van der Waals surface area (Å²) < 4.78 is 13.3. The predicted octanol–water partition coefficient (Wildman–Crippen LogP) is 3.01. The highest BCUT2D eigenvalue weighted by Gasteiger charge is 2.20. The Kier molecular flexibility index (Phi) is 8.06. The molecule has 0 aliphatic carbocycles. The normalized spacial score (nSPS) is 13.0. The van der Waals surface area contributed by atoms with Crippen molar-refractivity contribution in [3.05, 3.63) is 41.8 Å². The lowest BCUT2D eigenvalue weighted by Gasteiger charge is -2.23. The van der Waals surface area contributed by atoms with Crippen molar-refractivity contribution in [2.45, 2.75) is 32.7 Å². The van der Waals surface area contributed by atoms with Gasteiger partial charge in [-0.05, 0) is 38.0 Å². The second-order valence-electron chi connectivity index (χ2n) is 6.30. The molecule has 2 unspecified atom stereocenters. The molecule has 2 rings (SSSR count). The Labute approximate surface area is 154 Å². The number of rotatable bonds is 7. The zero-order valence-corrected chi connectivity index (χ0v) is 15.6. The SMILES string of the molecule is CC(N)C(C)C(=O)N(C)CCCc1cc(-c2cccc(F)c2)n[nH]1.Cl. The molecule has 7 heteroatoms. The fraction of sp³-hybridized carbons (Fsp3) is 0.444. The lowest BCUT2D eigenvalue weighted by molar-refractivity contribution is -0.134. The molecule has 3 N–H and O–H groups in total. The quantitative estimate of drug-likeness (QED) is 0.788. The Morgan fingerprint density at radius 2 is 2.08 bits per heavy atom. The van der Waals surface area contributed by atoms with E-state index in [1.807, 2.05) is 26.0 Å². The molecule has 1 amide bonds. The first-order chi connectivity index (χ1) is 11.4. The van der Waals surface area contributed by atoms with Crippen LogP contribution in [0.3, 0.4) is 0 Å². The fourth-order valence-electron chi connectivity index (χ4n) is 2.47. The van der Waals surface area contributed by atoms with Crippen molar-refractivity contribution in [1.29, 1.82) is 0 Å². The number of aromatic amines is 1. The van der Waals surface area contributed by atoms with E-state index in [-0.39, 0.29) is 36.1 Å². The van der Waals surface area contributed by atoms with Gasteiger partial charge in [-0.1, -0.05) is 19.1 Å². The van der Waals surface area contributed by atoms with Crippen LogP contribution in [0.15, 0.2) is 30.3 Å². The summed E-state index contributed by atoms with van der Waals surface area (Å²) in [5.74, 6) is -0.391. The molecular weight excluding hydrogens is 343 g/mol. The van der Waals surface area contributed by atoms with E-state index in [0.29, 0.717) is 6.54 Å². The number of hydrogen-bond acceptors (Lipinski definition) is 3. The number of carbonyl (C=O) groups is 1. The first kappa shape index (κ1) is 21.1. The lowest BCUT2D eigenvalue weighted by atomic mass is 10.0. The topological polar surface area (TPSA) is 75.0 Å². The van der Waals surface area contributed by atoms with Crippen molar-refractivity contribution < 1.29 is 9.18 Å². The van der Waals surface area contributed by atoms with Crippen LogP contribution >= 0.6 is 12.4 Å².